The van der Waals surface area contributed by atoms with E-state index in [2.05, 4.69) is 9.88 Å². The van der Waals surface area contributed by atoms with E-state index in [1.54, 1.807) is 12.1 Å². The topological polar surface area (TPSA) is 90.7 Å². The molecule has 0 radical (unpaired) electrons. The zero-order valence-electron chi connectivity index (χ0n) is 13.1. The van der Waals surface area contributed by atoms with Gasteiger partial charge in [0.25, 0.3) is 10.0 Å². The highest BCUT2D eigenvalue weighted by molar-refractivity contribution is 7.94. The van der Waals surface area contributed by atoms with Crippen molar-refractivity contribution in [3.63, 3.8) is 0 Å². The number of nitrogens with one attached hydrogen (secondary N) is 1. The SMILES string of the molecule is COc1cc(OC)c(NS(=O)(=O)c2ccc(-c3ccno3)s2)cc1Cl. The number of halogens is 1. The number of sulfonamides is 1. The van der Waals surface area contributed by atoms with Crippen LogP contribution in [-0.2, 0) is 10.0 Å². The molecule has 2 heterocycles. The molecule has 3 aromatic rings. The molecule has 7 nitrogen and oxygen atoms in total. The molecular formula is C15H13ClN2O5S2. The van der Waals surface area contributed by atoms with Gasteiger partial charge in [-0.3, -0.25) is 4.72 Å². The molecule has 0 fully saturated rings. The van der Waals surface area contributed by atoms with Gasteiger partial charge in [0.15, 0.2) is 5.76 Å². The molecule has 0 unspecified atom stereocenters. The van der Waals surface area contributed by atoms with E-state index in [1.165, 1.54) is 38.6 Å². The average molecular weight is 401 g/mol. The van der Waals surface area contributed by atoms with Crippen LogP contribution in [0.2, 0.25) is 5.02 Å². The van der Waals surface area contributed by atoms with E-state index in [-0.39, 0.29) is 20.7 Å². The number of thiophene rings is 1. The first-order chi connectivity index (χ1) is 11.9. The van der Waals surface area contributed by atoms with E-state index in [4.69, 9.17) is 25.6 Å². The lowest BCUT2D eigenvalue weighted by atomic mass is 10.3. The molecule has 0 saturated heterocycles. The molecule has 132 valence electrons. The summed E-state index contributed by atoms with van der Waals surface area (Å²) in [7, 11) is -0.942. The van der Waals surface area contributed by atoms with Gasteiger partial charge in [-0.25, -0.2) is 8.42 Å². The number of hydrogen-bond acceptors (Lipinski definition) is 7. The van der Waals surface area contributed by atoms with Gasteiger partial charge >= 0.3 is 0 Å². The zero-order chi connectivity index (χ0) is 18.0. The van der Waals surface area contributed by atoms with Gasteiger partial charge in [0.1, 0.15) is 15.7 Å². The van der Waals surface area contributed by atoms with Crippen LogP contribution in [0.15, 0.2) is 45.3 Å². The fourth-order valence-corrected chi connectivity index (χ4v) is 4.64. The van der Waals surface area contributed by atoms with Crippen molar-refractivity contribution in [3.05, 3.63) is 41.6 Å². The molecule has 0 aliphatic heterocycles. The fraction of sp³-hybridized carbons (Fsp3) is 0.133. The summed E-state index contributed by atoms with van der Waals surface area (Å²) in [6, 6.07) is 7.73. The van der Waals surface area contributed by atoms with Crippen molar-refractivity contribution in [1.29, 1.82) is 0 Å². The Kier molecular flexibility index (Phi) is 4.89. The van der Waals surface area contributed by atoms with E-state index < -0.39 is 10.0 Å². The van der Waals surface area contributed by atoms with Crippen LogP contribution in [0.5, 0.6) is 11.5 Å². The van der Waals surface area contributed by atoms with Crippen molar-refractivity contribution in [2.75, 3.05) is 18.9 Å². The summed E-state index contributed by atoms with van der Waals surface area (Å²) in [6.07, 6.45) is 1.49. The van der Waals surface area contributed by atoms with Crippen molar-refractivity contribution in [1.82, 2.24) is 5.16 Å². The summed E-state index contributed by atoms with van der Waals surface area (Å²) >= 11 is 7.13. The third-order valence-electron chi connectivity index (χ3n) is 3.25. The third-order valence-corrected chi connectivity index (χ3v) is 6.50. The standard InChI is InChI=1S/C15H13ClN2O5S2/c1-21-12-8-13(22-2)10(7-9(12)16)18-25(19,20)15-4-3-14(24-15)11-5-6-17-23-11/h3-8,18H,1-2H3. The maximum absolute atomic E-state index is 12.6. The minimum absolute atomic E-state index is 0.118. The molecule has 2 aromatic heterocycles. The fourth-order valence-electron chi connectivity index (χ4n) is 2.07. The number of benzene rings is 1. The molecule has 0 atom stereocenters. The van der Waals surface area contributed by atoms with Gasteiger partial charge in [-0.15, -0.1) is 11.3 Å². The maximum Gasteiger partial charge on any atom is 0.271 e. The van der Waals surface area contributed by atoms with Gasteiger partial charge in [0.05, 0.1) is 36.0 Å². The summed E-state index contributed by atoms with van der Waals surface area (Å²) < 4.78 is 43.2. The molecule has 3 rings (SSSR count). The van der Waals surface area contributed by atoms with Crippen molar-refractivity contribution in [3.8, 4) is 22.1 Å². The quantitative estimate of drug-likeness (QED) is 0.675. The molecule has 0 bridgehead atoms. The Morgan fingerprint density at radius 3 is 2.56 bits per heavy atom. The zero-order valence-corrected chi connectivity index (χ0v) is 15.5. The molecular weight excluding hydrogens is 388 g/mol. The van der Waals surface area contributed by atoms with Crippen LogP contribution in [-0.4, -0.2) is 27.8 Å². The van der Waals surface area contributed by atoms with E-state index in [0.29, 0.717) is 16.4 Å². The number of hydrogen-bond donors (Lipinski definition) is 1. The van der Waals surface area contributed by atoms with Crippen molar-refractivity contribution < 1.29 is 22.4 Å². The second-order valence-electron chi connectivity index (χ2n) is 4.79. The molecule has 0 spiro atoms. The summed E-state index contributed by atoms with van der Waals surface area (Å²) in [5.74, 6) is 1.17. The molecule has 0 saturated carbocycles. The normalized spacial score (nSPS) is 11.3. The molecule has 10 heteroatoms. The number of nitrogens with zero attached hydrogens (tertiary/aromatic N) is 1. The molecule has 0 aliphatic rings. The van der Waals surface area contributed by atoms with Crippen molar-refractivity contribution >= 4 is 38.6 Å². The van der Waals surface area contributed by atoms with Gasteiger partial charge < -0.3 is 14.0 Å². The van der Waals surface area contributed by atoms with E-state index in [0.717, 1.165) is 11.3 Å². The van der Waals surface area contributed by atoms with Gasteiger partial charge in [-0.2, -0.15) is 0 Å². The predicted molar refractivity (Wildman–Crippen MR) is 95.2 cm³/mol. The molecule has 1 aromatic carbocycles. The Morgan fingerprint density at radius 1 is 1.16 bits per heavy atom. The summed E-state index contributed by atoms with van der Waals surface area (Å²) in [5, 5.41) is 3.87. The molecule has 0 amide bonds. The van der Waals surface area contributed by atoms with Crippen LogP contribution >= 0.6 is 22.9 Å². The number of anilines is 1. The molecule has 0 aliphatic carbocycles. The number of methoxy groups -OCH3 is 2. The first-order valence-corrected chi connectivity index (χ1v) is 9.57. The first kappa shape index (κ1) is 17.6. The lowest BCUT2D eigenvalue weighted by molar-refractivity contribution is 0.396. The minimum atomic E-state index is -3.83. The Balaban J connectivity index is 1.93. The van der Waals surface area contributed by atoms with Gasteiger partial charge in [-0.1, -0.05) is 16.8 Å². The number of aromatic nitrogens is 1. The summed E-state index contributed by atoms with van der Waals surface area (Å²) in [4.78, 5) is 0.651. The van der Waals surface area contributed by atoms with Gasteiger partial charge in [-0.05, 0) is 18.2 Å². The lowest BCUT2D eigenvalue weighted by Gasteiger charge is -2.13. The Hall–Kier alpha value is -2.23. The predicted octanol–water partition coefficient (Wildman–Crippen LogP) is 3.87. The molecule has 25 heavy (non-hydrogen) atoms. The van der Waals surface area contributed by atoms with Crippen LogP contribution in [0, 0.1) is 0 Å². The van der Waals surface area contributed by atoms with Crippen LogP contribution < -0.4 is 14.2 Å². The Morgan fingerprint density at radius 2 is 1.92 bits per heavy atom. The first-order valence-electron chi connectivity index (χ1n) is 6.90. The van der Waals surface area contributed by atoms with E-state index >= 15 is 0 Å². The second kappa shape index (κ2) is 6.95. The monoisotopic (exact) mass is 400 g/mol. The van der Waals surface area contributed by atoms with Crippen molar-refractivity contribution in [2.24, 2.45) is 0 Å². The van der Waals surface area contributed by atoms with Crippen LogP contribution in [0.4, 0.5) is 5.69 Å². The van der Waals surface area contributed by atoms with Crippen LogP contribution in [0.1, 0.15) is 0 Å². The Bertz CT molecular complexity index is 984. The highest BCUT2D eigenvalue weighted by Crippen LogP contribution is 2.38. The Labute approximate surface area is 153 Å². The highest BCUT2D eigenvalue weighted by atomic mass is 35.5. The maximum atomic E-state index is 12.6. The largest absolute Gasteiger partial charge is 0.495 e. The highest BCUT2D eigenvalue weighted by Gasteiger charge is 2.21. The molecule has 1 N–H and O–H groups in total. The van der Waals surface area contributed by atoms with Crippen LogP contribution in [0.3, 0.4) is 0 Å². The number of ether oxygens (including phenoxy) is 2. The van der Waals surface area contributed by atoms with Crippen molar-refractivity contribution in [2.45, 2.75) is 4.21 Å². The summed E-state index contributed by atoms with van der Waals surface area (Å²) in [5.41, 5.74) is 0.211. The number of rotatable bonds is 6. The van der Waals surface area contributed by atoms with Gasteiger partial charge in [0.2, 0.25) is 0 Å². The van der Waals surface area contributed by atoms with Gasteiger partial charge in [0, 0.05) is 12.1 Å². The van der Waals surface area contributed by atoms with Crippen LogP contribution in [0.25, 0.3) is 10.6 Å². The average Bonchev–Trinajstić information content (AvgIpc) is 3.26. The lowest BCUT2D eigenvalue weighted by Crippen LogP contribution is -2.12. The second-order valence-corrected chi connectivity index (χ2v) is 8.19. The summed E-state index contributed by atoms with van der Waals surface area (Å²) in [6.45, 7) is 0. The third kappa shape index (κ3) is 3.58. The minimum Gasteiger partial charge on any atom is -0.495 e. The smallest absolute Gasteiger partial charge is 0.271 e. The van der Waals surface area contributed by atoms with E-state index in [1.807, 2.05) is 0 Å². The van der Waals surface area contributed by atoms with E-state index in [9.17, 15) is 8.42 Å².